The van der Waals surface area contributed by atoms with E-state index in [9.17, 15) is 4.79 Å². The van der Waals surface area contributed by atoms with Crippen molar-refractivity contribution in [1.82, 2.24) is 10.3 Å². The highest BCUT2D eigenvalue weighted by Gasteiger charge is 2.30. The minimum Gasteiger partial charge on any atom is -0.476 e. The van der Waals surface area contributed by atoms with Crippen LogP contribution in [0.3, 0.4) is 0 Å². The van der Waals surface area contributed by atoms with Crippen molar-refractivity contribution in [3.8, 4) is 0 Å². The summed E-state index contributed by atoms with van der Waals surface area (Å²) in [5.41, 5.74) is 5.37. The second-order valence-corrected chi connectivity index (χ2v) is 2.91. The van der Waals surface area contributed by atoms with Gasteiger partial charge >= 0.3 is 5.97 Å². The summed E-state index contributed by atoms with van der Waals surface area (Å²) in [6, 6.07) is 0.0818. The Morgan fingerprint density at radius 3 is 2.85 bits per heavy atom. The van der Waals surface area contributed by atoms with Crippen LogP contribution in [0, 0.1) is 0 Å². The molecule has 1 aromatic heterocycles. The second kappa shape index (κ2) is 2.70. The third-order valence-electron chi connectivity index (χ3n) is 1.88. The van der Waals surface area contributed by atoms with E-state index < -0.39 is 5.97 Å². The highest BCUT2D eigenvalue weighted by Crippen LogP contribution is 2.20. The number of aromatic nitrogens is 2. The number of rotatable bonds is 2. The molecule has 1 aliphatic rings. The smallest absolute Gasteiger partial charge is 0.362 e. The maximum absolute atomic E-state index is 10.6. The van der Waals surface area contributed by atoms with Gasteiger partial charge in [0.25, 0.3) is 0 Å². The molecule has 3 N–H and O–H groups in total. The molecule has 1 aliphatic heterocycles. The molecule has 0 bridgehead atoms. The molecule has 7 nitrogen and oxygen atoms in total. The van der Waals surface area contributed by atoms with Crippen molar-refractivity contribution in [1.29, 1.82) is 0 Å². The van der Waals surface area contributed by atoms with Crippen LogP contribution >= 0.6 is 0 Å². The Bertz CT molecular complexity index is 330. The van der Waals surface area contributed by atoms with E-state index in [1.165, 1.54) is 0 Å². The van der Waals surface area contributed by atoms with Gasteiger partial charge in [-0.2, -0.15) is 0 Å². The summed E-state index contributed by atoms with van der Waals surface area (Å²) in [4.78, 5) is 12.3. The van der Waals surface area contributed by atoms with Crippen LogP contribution < -0.4 is 10.6 Å². The Hall–Kier alpha value is -1.63. The summed E-state index contributed by atoms with van der Waals surface area (Å²) < 4.78 is 4.34. The van der Waals surface area contributed by atoms with Gasteiger partial charge in [0.1, 0.15) is 0 Å². The van der Waals surface area contributed by atoms with Gasteiger partial charge in [-0.3, -0.25) is 0 Å². The van der Waals surface area contributed by atoms with E-state index in [1.54, 1.807) is 4.90 Å². The molecule has 13 heavy (non-hydrogen) atoms. The summed E-state index contributed by atoms with van der Waals surface area (Å²) in [6.45, 7) is 1.18. The summed E-state index contributed by atoms with van der Waals surface area (Å²) >= 11 is 0. The Kier molecular flexibility index (Phi) is 1.66. The molecule has 0 aromatic carbocycles. The second-order valence-electron chi connectivity index (χ2n) is 2.91. The molecule has 2 heterocycles. The number of carboxylic acid groups (broad SMARTS) is 1. The number of anilines is 1. The topological polar surface area (TPSA) is 105 Å². The molecule has 0 spiro atoms. The van der Waals surface area contributed by atoms with Crippen molar-refractivity contribution >= 4 is 11.8 Å². The first kappa shape index (κ1) is 7.99. The SMILES string of the molecule is NC1CN(c2nonc2C(=O)O)C1. The largest absolute Gasteiger partial charge is 0.476 e. The molecule has 2 rings (SSSR count). The van der Waals surface area contributed by atoms with Crippen molar-refractivity contribution in [3.63, 3.8) is 0 Å². The van der Waals surface area contributed by atoms with Gasteiger partial charge in [0.2, 0.25) is 11.5 Å². The minimum absolute atomic E-state index is 0.0818. The first-order valence-electron chi connectivity index (χ1n) is 3.75. The van der Waals surface area contributed by atoms with E-state index in [4.69, 9.17) is 10.8 Å². The zero-order valence-electron chi connectivity index (χ0n) is 6.67. The molecular weight excluding hydrogens is 176 g/mol. The van der Waals surface area contributed by atoms with Crippen LogP contribution in [0.2, 0.25) is 0 Å². The van der Waals surface area contributed by atoms with Crippen molar-refractivity contribution in [2.75, 3.05) is 18.0 Å². The fourth-order valence-corrected chi connectivity index (χ4v) is 1.21. The average Bonchev–Trinajstić information content (AvgIpc) is 2.45. The number of carbonyl (C=O) groups is 1. The van der Waals surface area contributed by atoms with E-state index >= 15 is 0 Å². The van der Waals surface area contributed by atoms with Crippen LogP contribution in [0.4, 0.5) is 5.82 Å². The standard InChI is InChI=1S/C6H8N4O3/c7-3-1-10(2-3)5-4(6(11)12)8-13-9-5/h3H,1-2,7H2,(H,11,12). The number of hydrogen-bond acceptors (Lipinski definition) is 6. The monoisotopic (exact) mass is 184 g/mol. The lowest BCUT2D eigenvalue weighted by Crippen LogP contribution is -2.56. The average molecular weight is 184 g/mol. The maximum Gasteiger partial charge on any atom is 0.362 e. The summed E-state index contributed by atoms with van der Waals surface area (Å²) in [5, 5.41) is 15.4. The Balaban J connectivity index is 2.20. The van der Waals surface area contributed by atoms with Crippen LogP contribution in [0.5, 0.6) is 0 Å². The van der Waals surface area contributed by atoms with Gasteiger partial charge in [0, 0.05) is 19.1 Å². The molecule has 7 heteroatoms. The Morgan fingerprint density at radius 1 is 1.62 bits per heavy atom. The molecule has 1 saturated heterocycles. The van der Waals surface area contributed by atoms with E-state index in [-0.39, 0.29) is 17.6 Å². The normalized spacial score (nSPS) is 17.2. The van der Waals surface area contributed by atoms with E-state index in [0.717, 1.165) is 0 Å². The minimum atomic E-state index is -1.14. The molecule has 1 fully saturated rings. The third kappa shape index (κ3) is 1.22. The number of nitrogens with two attached hydrogens (primary N) is 1. The maximum atomic E-state index is 10.6. The van der Waals surface area contributed by atoms with Crippen LogP contribution in [0.15, 0.2) is 4.63 Å². The lowest BCUT2D eigenvalue weighted by atomic mass is 10.1. The first-order valence-corrected chi connectivity index (χ1v) is 3.75. The predicted molar refractivity (Wildman–Crippen MR) is 41.4 cm³/mol. The zero-order chi connectivity index (χ0) is 9.42. The summed E-state index contributed by atoms with van der Waals surface area (Å²) in [7, 11) is 0. The molecule has 0 unspecified atom stereocenters. The van der Waals surface area contributed by atoms with Crippen molar-refractivity contribution in [3.05, 3.63) is 5.69 Å². The molecule has 70 valence electrons. The highest BCUT2D eigenvalue weighted by molar-refractivity contribution is 5.90. The van der Waals surface area contributed by atoms with E-state index in [2.05, 4.69) is 14.9 Å². The molecule has 0 atom stereocenters. The first-order chi connectivity index (χ1) is 6.18. The molecular formula is C6H8N4O3. The number of hydrogen-bond donors (Lipinski definition) is 2. The summed E-state index contributed by atoms with van der Waals surface area (Å²) in [6.07, 6.45) is 0. The Morgan fingerprint density at radius 2 is 2.31 bits per heavy atom. The van der Waals surface area contributed by atoms with Crippen LogP contribution in [-0.4, -0.2) is 40.5 Å². The fourth-order valence-electron chi connectivity index (χ4n) is 1.21. The van der Waals surface area contributed by atoms with Crippen LogP contribution in [0.25, 0.3) is 0 Å². The van der Waals surface area contributed by atoms with Gasteiger partial charge in [-0.25, -0.2) is 9.42 Å². The molecule has 0 saturated carbocycles. The van der Waals surface area contributed by atoms with Gasteiger partial charge in [0.05, 0.1) is 0 Å². The zero-order valence-corrected chi connectivity index (χ0v) is 6.67. The van der Waals surface area contributed by atoms with Gasteiger partial charge < -0.3 is 15.7 Å². The fraction of sp³-hybridized carbons (Fsp3) is 0.500. The van der Waals surface area contributed by atoms with Gasteiger partial charge in [-0.1, -0.05) is 0 Å². The highest BCUT2D eigenvalue weighted by atomic mass is 16.6. The van der Waals surface area contributed by atoms with Crippen LogP contribution in [-0.2, 0) is 0 Å². The molecule has 0 aliphatic carbocycles. The van der Waals surface area contributed by atoms with Gasteiger partial charge in [-0.05, 0) is 10.3 Å². The van der Waals surface area contributed by atoms with Crippen LogP contribution in [0.1, 0.15) is 10.5 Å². The number of nitrogens with zero attached hydrogens (tertiary/aromatic N) is 3. The predicted octanol–water partition coefficient (Wildman–Crippen LogP) is -1.08. The number of carboxylic acids is 1. The van der Waals surface area contributed by atoms with E-state index in [0.29, 0.717) is 13.1 Å². The van der Waals surface area contributed by atoms with Crippen molar-refractivity contribution in [2.24, 2.45) is 5.73 Å². The quantitative estimate of drug-likeness (QED) is 0.601. The third-order valence-corrected chi connectivity index (χ3v) is 1.88. The van der Waals surface area contributed by atoms with E-state index in [1.807, 2.05) is 0 Å². The summed E-state index contributed by atoms with van der Waals surface area (Å²) in [5.74, 6) is -0.883. The molecule has 0 amide bonds. The number of aromatic carboxylic acids is 1. The Labute approximate surface area is 73.1 Å². The molecule has 1 aromatic rings. The lowest BCUT2D eigenvalue weighted by Gasteiger charge is -2.36. The van der Waals surface area contributed by atoms with Crippen molar-refractivity contribution < 1.29 is 14.5 Å². The van der Waals surface area contributed by atoms with Gasteiger partial charge in [0.15, 0.2) is 0 Å². The molecule has 0 radical (unpaired) electrons. The van der Waals surface area contributed by atoms with Gasteiger partial charge in [-0.15, -0.1) is 0 Å². The lowest BCUT2D eigenvalue weighted by molar-refractivity contribution is 0.0685. The van der Waals surface area contributed by atoms with Crippen molar-refractivity contribution in [2.45, 2.75) is 6.04 Å².